The van der Waals surface area contributed by atoms with Crippen molar-refractivity contribution in [2.75, 3.05) is 6.61 Å². The first-order chi connectivity index (χ1) is 8.39. The molecular formula is C15H26O3. The van der Waals surface area contributed by atoms with E-state index in [2.05, 4.69) is 6.92 Å². The molecule has 0 aliphatic heterocycles. The van der Waals surface area contributed by atoms with Gasteiger partial charge >= 0.3 is 5.97 Å². The van der Waals surface area contributed by atoms with E-state index >= 15 is 0 Å². The molecular weight excluding hydrogens is 228 g/mol. The number of carbonyl (C=O) groups excluding carboxylic acids is 1. The molecule has 0 amide bonds. The number of carbonyl (C=O) groups is 1. The van der Waals surface area contributed by atoms with Crippen LogP contribution in [0.15, 0.2) is 11.1 Å². The van der Waals surface area contributed by atoms with Gasteiger partial charge in [0.15, 0.2) is 0 Å². The van der Waals surface area contributed by atoms with Gasteiger partial charge in [-0.1, -0.05) is 12.5 Å². The summed E-state index contributed by atoms with van der Waals surface area (Å²) in [4.78, 5) is 11.4. The molecule has 0 heterocycles. The molecule has 3 nitrogen and oxygen atoms in total. The Bertz CT molecular complexity index is 329. The third-order valence-corrected chi connectivity index (χ3v) is 3.79. The monoisotopic (exact) mass is 254 g/mol. The van der Waals surface area contributed by atoms with Gasteiger partial charge in [0, 0.05) is 6.42 Å². The van der Waals surface area contributed by atoms with E-state index < -0.39 is 5.60 Å². The summed E-state index contributed by atoms with van der Waals surface area (Å²) in [6, 6.07) is 0. The van der Waals surface area contributed by atoms with Crippen molar-refractivity contribution in [3.8, 4) is 0 Å². The van der Waals surface area contributed by atoms with Crippen molar-refractivity contribution in [2.45, 2.75) is 65.4 Å². The number of ether oxygens (including phenoxy) is 1. The van der Waals surface area contributed by atoms with Crippen LogP contribution in [0.2, 0.25) is 0 Å². The standard InChI is InChI=1S/C15H26O3/c1-5-18-14(16)8-9-15(17)10-12(4)6-7-13(15)11(2)3/h12,17H,5-10H2,1-4H3. The number of rotatable bonds is 4. The Morgan fingerprint density at radius 2 is 2.17 bits per heavy atom. The van der Waals surface area contributed by atoms with Crippen LogP contribution in [0.3, 0.4) is 0 Å². The largest absolute Gasteiger partial charge is 0.466 e. The van der Waals surface area contributed by atoms with Crippen LogP contribution in [-0.4, -0.2) is 23.3 Å². The average molecular weight is 254 g/mol. The van der Waals surface area contributed by atoms with Crippen molar-refractivity contribution in [1.29, 1.82) is 0 Å². The van der Waals surface area contributed by atoms with Crippen molar-refractivity contribution >= 4 is 5.97 Å². The molecule has 0 radical (unpaired) electrons. The lowest BCUT2D eigenvalue weighted by atomic mass is 9.71. The molecule has 0 aromatic carbocycles. The molecule has 0 bridgehead atoms. The second-order valence-electron chi connectivity index (χ2n) is 5.66. The molecule has 1 rings (SSSR count). The summed E-state index contributed by atoms with van der Waals surface area (Å²) >= 11 is 0. The molecule has 18 heavy (non-hydrogen) atoms. The lowest BCUT2D eigenvalue weighted by molar-refractivity contribution is -0.144. The third-order valence-electron chi connectivity index (χ3n) is 3.79. The smallest absolute Gasteiger partial charge is 0.305 e. The highest BCUT2D eigenvalue weighted by Crippen LogP contribution is 2.41. The highest BCUT2D eigenvalue weighted by atomic mass is 16.5. The fraction of sp³-hybridized carbons (Fsp3) is 0.800. The van der Waals surface area contributed by atoms with Gasteiger partial charge in [0.2, 0.25) is 0 Å². The van der Waals surface area contributed by atoms with E-state index in [1.54, 1.807) is 6.92 Å². The second-order valence-corrected chi connectivity index (χ2v) is 5.66. The van der Waals surface area contributed by atoms with Gasteiger partial charge in [0.05, 0.1) is 12.2 Å². The quantitative estimate of drug-likeness (QED) is 0.619. The van der Waals surface area contributed by atoms with Crippen molar-refractivity contribution in [1.82, 2.24) is 0 Å². The zero-order chi connectivity index (χ0) is 13.8. The minimum Gasteiger partial charge on any atom is -0.466 e. The Hall–Kier alpha value is -0.830. The van der Waals surface area contributed by atoms with Crippen LogP contribution < -0.4 is 0 Å². The maximum atomic E-state index is 11.4. The lowest BCUT2D eigenvalue weighted by Gasteiger charge is -2.39. The number of hydrogen-bond acceptors (Lipinski definition) is 3. The van der Waals surface area contributed by atoms with Gasteiger partial charge in [0.25, 0.3) is 0 Å². The minimum atomic E-state index is -0.802. The Labute approximate surface area is 110 Å². The summed E-state index contributed by atoms with van der Waals surface area (Å²) in [5.74, 6) is 0.303. The molecule has 3 heteroatoms. The van der Waals surface area contributed by atoms with Crippen LogP contribution in [0.25, 0.3) is 0 Å². The van der Waals surface area contributed by atoms with Crippen molar-refractivity contribution in [3.63, 3.8) is 0 Å². The average Bonchev–Trinajstić information content (AvgIpc) is 2.26. The van der Waals surface area contributed by atoms with Crippen LogP contribution in [-0.2, 0) is 9.53 Å². The molecule has 1 fully saturated rings. The highest BCUT2D eigenvalue weighted by molar-refractivity contribution is 5.69. The summed E-state index contributed by atoms with van der Waals surface area (Å²) in [5, 5.41) is 10.8. The maximum Gasteiger partial charge on any atom is 0.305 e. The lowest BCUT2D eigenvalue weighted by Crippen LogP contribution is -2.38. The van der Waals surface area contributed by atoms with Crippen LogP contribution in [0, 0.1) is 5.92 Å². The van der Waals surface area contributed by atoms with E-state index in [9.17, 15) is 9.90 Å². The van der Waals surface area contributed by atoms with E-state index in [0.29, 0.717) is 25.4 Å². The molecule has 0 aromatic rings. The number of aliphatic hydroxyl groups is 1. The Balaban J connectivity index is 2.73. The Morgan fingerprint density at radius 3 is 2.72 bits per heavy atom. The minimum absolute atomic E-state index is 0.211. The van der Waals surface area contributed by atoms with Crippen molar-refractivity contribution in [3.05, 3.63) is 11.1 Å². The molecule has 1 saturated carbocycles. The summed E-state index contributed by atoms with van der Waals surface area (Å²) < 4.78 is 4.93. The van der Waals surface area contributed by atoms with Gasteiger partial charge in [-0.3, -0.25) is 4.79 Å². The van der Waals surface area contributed by atoms with Crippen LogP contribution >= 0.6 is 0 Å². The van der Waals surface area contributed by atoms with Crippen molar-refractivity contribution < 1.29 is 14.6 Å². The molecule has 0 saturated heterocycles. The number of esters is 1. The molecule has 104 valence electrons. The van der Waals surface area contributed by atoms with E-state index in [1.807, 2.05) is 13.8 Å². The molecule has 1 N–H and O–H groups in total. The molecule has 0 spiro atoms. The molecule has 0 aromatic heterocycles. The first-order valence-corrected chi connectivity index (χ1v) is 6.94. The molecule has 1 aliphatic rings. The number of hydrogen-bond donors (Lipinski definition) is 1. The number of allylic oxidation sites excluding steroid dienone is 1. The van der Waals surface area contributed by atoms with Gasteiger partial charge in [-0.15, -0.1) is 0 Å². The van der Waals surface area contributed by atoms with E-state index in [4.69, 9.17) is 4.74 Å². The topological polar surface area (TPSA) is 46.5 Å². The second kappa shape index (κ2) is 6.37. The first kappa shape index (κ1) is 15.2. The van der Waals surface area contributed by atoms with Gasteiger partial charge < -0.3 is 9.84 Å². The summed E-state index contributed by atoms with van der Waals surface area (Å²) in [5.41, 5.74) is 1.52. The molecule has 1 aliphatic carbocycles. The Kier molecular flexibility index (Phi) is 5.39. The summed E-state index contributed by atoms with van der Waals surface area (Å²) in [6.45, 7) is 8.46. The van der Waals surface area contributed by atoms with Gasteiger partial charge in [-0.25, -0.2) is 0 Å². The van der Waals surface area contributed by atoms with Crippen LogP contribution in [0.1, 0.15) is 59.8 Å². The van der Waals surface area contributed by atoms with Crippen LogP contribution in [0.4, 0.5) is 0 Å². The SMILES string of the molecule is CCOC(=O)CCC1(O)CC(C)CCC1=C(C)C. The zero-order valence-electron chi connectivity index (χ0n) is 12.1. The van der Waals surface area contributed by atoms with E-state index in [0.717, 1.165) is 24.8 Å². The zero-order valence-corrected chi connectivity index (χ0v) is 12.1. The van der Waals surface area contributed by atoms with Gasteiger partial charge in [-0.05, 0) is 57.9 Å². The highest BCUT2D eigenvalue weighted by Gasteiger charge is 2.37. The summed E-state index contributed by atoms with van der Waals surface area (Å²) in [7, 11) is 0. The maximum absolute atomic E-state index is 11.4. The summed E-state index contributed by atoms with van der Waals surface area (Å²) in [6.07, 6.45) is 3.61. The first-order valence-electron chi connectivity index (χ1n) is 6.94. The normalized spacial score (nSPS) is 28.1. The van der Waals surface area contributed by atoms with Crippen molar-refractivity contribution in [2.24, 2.45) is 5.92 Å². The fourth-order valence-electron chi connectivity index (χ4n) is 2.94. The Morgan fingerprint density at radius 1 is 1.50 bits per heavy atom. The van der Waals surface area contributed by atoms with E-state index in [1.165, 1.54) is 5.57 Å². The van der Waals surface area contributed by atoms with Crippen LogP contribution in [0.5, 0.6) is 0 Å². The predicted octanol–water partition coefficient (Wildman–Crippen LogP) is 3.22. The van der Waals surface area contributed by atoms with Gasteiger partial charge in [0.1, 0.15) is 0 Å². The fourth-order valence-corrected chi connectivity index (χ4v) is 2.94. The predicted molar refractivity (Wildman–Crippen MR) is 72.2 cm³/mol. The molecule has 2 unspecified atom stereocenters. The van der Waals surface area contributed by atoms with Gasteiger partial charge in [-0.2, -0.15) is 0 Å². The third kappa shape index (κ3) is 3.84. The van der Waals surface area contributed by atoms with E-state index in [-0.39, 0.29) is 5.97 Å². The molecule has 2 atom stereocenters.